The number of carbonyl (C=O) groups excluding carboxylic acids is 1. The molecule has 0 aliphatic rings. The topological polar surface area (TPSA) is 42.0 Å². The molecule has 110 valence electrons. The van der Waals surface area contributed by atoms with Crippen molar-refractivity contribution in [2.24, 2.45) is 0 Å². The average Bonchev–Trinajstić information content (AvgIpc) is 2.36. The quantitative estimate of drug-likeness (QED) is 0.861. The number of carbonyl (C=O) groups is 1. The monoisotopic (exact) mass is 302 g/mol. The zero-order valence-corrected chi connectivity index (χ0v) is 10.2. The van der Waals surface area contributed by atoms with Crippen LogP contribution in [0.25, 0.3) is 0 Å². The smallest absolute Gasteiger partial charge is 0.322 e. The Labute approximate surface area is 115 Å². The fourth-order valence-electron chi connectivity index (χ4n) is 1.53. The van der Waals surface area contributed by atoms with E-state index < -0.39 is 29.4 Å². The SMILES string of the molecule is O=C(Nc1cc(F)cc(F)c1)c1ccc(C(F)(F)F)nc1. The van der Waals surface area contributed by atoms with Gasteiger partial charge in [-0.3, -0.25) is 9.78 Å². The Morgan fingerprint density at radius 2 is 1.67 bits per heavy atom. The number of pyridine rings is 1. The lowest BCUT2D eigenvalue weighted by Crippen LogP contribution is -2.14. The van der Waals surface area contributed by atoms with Gasteiger partial charge in [0.15, 0.2) is 0 Å². The number of alkyl halides is 3. The van der Waals surface area contributed by atoms with Gasteiger partial charge in [0, 0.05) is 18.0 Å². The molecule has 1 aromatic heterocycles. The predicted molar refractivity (Wildman–Crippen MR) is 63.6 cm³/mol. The van der Waals surface area contributed by atoms with Crippen molar-refractivity contribution in [2.45, 2.75) is 6.18 Å². The van der Waals surface area contributed by atoms with Gasteiger partial charge in [-0.05, 0) is 24.3 Å². The summed E-state index contributed by atoms with van der Waals surface area (Å²) < 4.78 is 62.8. The van der Waals surface area contributed by atoms with Gasteiger partial charge in [-0.15, -0.1) is 0 Å². The van der Waals surface area contributed by atoms with Gasteiger partial charge in [-0.1, -0.05) is 0 Å². The Hall–Kier alpha value is -2.51. The third-order valence-corrected chi connectivity index (χ3v) is 2.44. The summed E-state index contributed by atoms with van der Waals surface area (Å²) in [5.41, 5.74) is -1.47. The van der Waals surface area contributed by atoms with Gasteiger partial charge in [-0.25, -0.2) is 8.78 Å². The highest BCUT2D eigenvalue weighted by atomic mass is 19.4. The second-order valence-electron chi connectivity index (χ2n) is 4.04. The maximum absolute atomic E-state index is 12.9. The Balaban J connectivity index is 2.17. The van der Waals surface area contributed by atoms with E-state index in [2.05, 4.69) is 10.3 Å². The molecule has 0 fully saturated rings. The molecule has 0 aliphatic heterocycles. The van der Waals surface area contributed by atoms with Crippen LogP contribution in [0.1, 0.15) is 16.1 Å². The summed E-state index contributed by atoms with van der Waals surface area (Å²) in [4.78, 5) is 14.8. The van der Waals surface area contributed by atoms with E-state index in [-0.39, 0.29) is 11.3 Å². The van der Waals surface area contributed by atoms with Crippen molar-refractivity contribution < 1.29 is 26.7 Å². The molecule has 0 spiro atoms. The van der Waals surface area contributed by atoms with Gasteiger partial charge in [0.25, 0.3) is 5.91 Å². The maximum atomic E-state index is 12.9. The van der Waals surface area contributed by atoms with E-state index in [0.29, 0.717) is 12.1 Å². The Bertz CT molecular complexity index is 647. The van der Waals surface area contributed by atoms with Crippen LogP contribution in [-0.2, 0) is 6.18 Å². The summed E-state index contributed by atoms with van der Waals surface area (Å²) in [5, 5.41) is 2.16. The molecule has 3 nitrogen and oxygen atoms in total. The molecule has 1 heterocycles. The molecule has 2 aromatic rings. The van der Waals surface area contributed by atoms with Crippen molar-refractivity contribution in [3.63, 3.8) is 0 Å². The highest BCUT2D eigenvalue weighted by Crippen LogP contribution is 2.27. The minimum atomic E-state index is -4.61. The molecule has 0 saturated carbocycles. The highest BCUT2D eigenvalue weighted by molar-refractivity contribution is 6.04. The van der Waals surface area contributed by atoms with Crippen LogP contribution in [0.5, 0.6) is 0 Å². The number of benzene rings is 1. The maximum Gasteiger partial charge on any atom is 0.433 e. The van der Waals surface area contributed by atoms with Crippen LogP contribution in [0.4, 0.5) is 27.6 Å². The molecule has 1 N–H and O–H groups in total. The first-order chi connectivity index (χ1) is 9.75. The van der Waals surface area contributed by atoms with Gasteiger partial charge in [0.2, 0.25) is 0 Å². The summed E-state index contributed by atoms with van der Waals surface area (Å²) in [7, 11) is 0. The number of nitrogens with zero attached hydrogens (tertiary/aromatic N) is 1. The molecule has 0 saturated heterocycles. The Morgan fingerprint density at radius 3 is 2.14 bits per heavy atom. The number of hydrogen-bond acceptors (Lipinski definition) is 2. The predicted octanol–water partition coefficient (Wildman–Crippen LogP) is 3.63. The second-order valence-corrected chi connectivity index (χ2v) is 4.04. The molecule has 1 aromatic carbocycles. The first-order valence-electron chi connectivity index (χ1n) is 5.56. The number of halogens is 5. The largest absolute Gasteiger partial charge is 0.433 e. The molecular weight excluding hydrogens is 295 g/mol. The molecule has 21 heavy (non-hydrogen) atoms. The summed E-state index contributed by atoms with van der Waals surface area (Å²) in [6.07, 6.45) is -3.88. The van der Waals surface area contributed by atoms with Crippen molar-refractivity contribution in [1.29, 1.82) is 0 Å². The number of nitrogens with one attached hydrogen (secondary N) is 1. The molecule has 1 amide bonds. The fourth-order valence-corrected chi connectivity index (χ4v) is 1.53. The number of aromatic nitrogens is 1. The molecular formula is C13H7F5N2O. The molecule has 0 radical (unpaired) electrons. The van der Waals surface area contributed by atoms with Crippen LogP contribution in [0.3, 0.4) is 0 Å². The van der Waals surface area contributed by atoms with E-state index in [4.69, 9.17) is 0 Å². The first-order valence-corrected chi connectivity index (χ1v) is 5.56. The van der Waals surface area contributed by atoms with E-state index in [9.17, 15) is 26.7 Å². The average molecular weight is 302 g/mol. The highest BCUT2D eigenvalue weighted by Gasteiger charge is 2.32. The van der Waals surface area contributed by atoms with Crippen molar-refractivity contribution in [3.05, 3.63) is 59.4 Å². The van der Waals surface area contributed by atoms with Crippen molar-refractivity contribution in [3.8, 4) is 0 Å². The molecule has 0 bridgehead atoms. The summed E-state index contributed by atoms with van der Waals surface area (Å²) >= 11 is 0. The van der Waals surface area contributed by atoms with Crippen molar-refractivity contribution in [1.82, 2.24) is 4.98 Å². The third kappa shape index (κ3) is 3.74. The molecule has 0 unspecified atom stereocenters. The van der Waals surface area contributed by atoms with Crippen LogP contribution in [0.15, 0.2) is 36.5 Å². The minimum absolute atomic E-state index is 0.155. The minimum Gasteiger partial charge on any atom is -0.322 e. The molecule has 0 atom stereocenters. The van der Waals surface area contributed by atoms with Crippen LogP contribution < -0.4 is 5.32 Å². The van der Waals surface area contributed by atoms with E-state index in [1.807, 2.05) is 0 Å². The lowest BCUT2D eigenvalue weighted by Gasteiger charge is -2.08. The normalized spacial score (nSPS) is 11.3. The molecule has 2 rings (SSSR count). The van der Waals surface area contributed by atoms with Gasteiger partial charge in [0.1, 0.15) is 17.3 Å². The Kier molecular flexibility index (Phi) is 3.88. The van der Waals surface area contributed by atoms with E-state index in [1.165, 1.54) is 0 Å². The zero-order valence-electron chi connectivity index (χ0n) is 10.2. The summed E-state index contributed by atoms with van der Waals surface area (Å²) in [5.74, 6) is -2.62. The molecule has 0 aliphatic carbocycles. The first kappa shape index (κ1) is 14.9. The van der Waals surface area contributed by atoms with Gasteiger partial charge < -0.3 is 5.32 Å². The number of anilines is 1. The Morgan fingerprint density at radius 1 is 1.05 bits per heavy atom. The van der Waals surface area contributed by atoms with Gasteiger partial charge >= 0.3 is 6.18 Å². The van der Waals surface area contributed by atoms with Gasteiger partial charge in [0.05, 0.1) is 5.56 Å². The van der Waals surface area contributed by atoms with Crippen LogP contribution in [0, 0.1) is 11.6 Å². The zero-order chi connectivity index (χ0) is 15.6. The lowest BCUT2D eigenvalue weighted by atomic mass is 10.2. The van der Waals surface area contributed by atoms with E-state index in [0.717, 1.165) is 24.4 Å². The fraction of sp³-hybridized carbons (Fsp3) is 0.0769. The van der Waals surface area contributed by atoms with Gasteiger partial charge in [-0.2, -0.15) is 13.2 Å². The number of hydrogen-bond donors (Lipinski definition) is 1. The lowest BCUT2D eigenvalue weighted by molar-refractivity contribution is -0.141. The van der Waals surface area contributed by atoms with E-state index >= 15 is 0 Å². The van der Waals surface area contributed by atoms with Crippen molar-refractivity contribution >= 4 is 11.6 Å². The second kappa shape index (κ2) is 5.47. The van der Waals surface area contributed by atoms with Crippen LogP contribution in [0.2, 0.25) is 0 Å². The van der Waals surface area contributed by atoms with E-state index in [1.54, 1.807) is 0 Å². The number of amides is 1. The summed E-state index contributed by atoms with van der Waals surface area (Å²) in [6, 6.07) is 3.92. The molecule has 8 heteroatoms. The summed E-state index contributed by atoms with van der Waals surface area (Å²) in [6.45, 7) is 0. The van der Waals surface area contributed by atoms with Crippen molar-refractivity contribution in [2.75, 3.05) is 5.32 Å². The van der Waals surface area contributed by atoms with Crippen LogP contribution >= 0.6 is 0 Å². The van der Waals surface area contributed by atoms with Crippen LogP contribution in [-0.4, -0.2) is 10.9 Å². The standard InChI is InChI=1S/C13H7F5N2O/c14-8-3-9(15)5-10(4-8)20-12(21)7-1-2-11(19-6-7)13(16,17)18/h1-6H,(H,20,21). The number of rotatable bonds is 2. The third-order valence-electron chi connectivity index (χ3n) is 2.44.